The first-order valence-electron chi connectivity index (χ1n) is 10.6. The molecule has 170 valence electrons. The molecule has 10 heteroatoms. The summed E-state index contributed by atoms with van der Waals surface area (Å²) in [6, 6.07) is 12.4. The van der Waals surface area contributed by atoms with Crippen LogP contribution in [0.1, 0.15) is 21.5 Å². The Morgan fingerprint density at radius 2 is 1.79 bits per heavy atom. The van der Waals surface area contributed by atoms with Gasteiger partial charge in [-0.3, -0.25) is 4.79 Å². The third-order valence-electron chi connectivity index (χ3n) is 5.77. The third-order valence-corrected chi connectivity index (χ3v) is 5.77. The van der Waals surface area contributed by atoms with E-state index in [4.69, 9.17) is 0 Å². The maximum atomic E-state index is 13.8. The van der Waals surface area contributed by atoms with Crippen molar-refractivity contribution in [2.75, 3.05) is 36.4 Å². The van der Waals surface area contributed by atoms with Crippen LogP contribution < -0.4 is 20.9 Å². The molecule has 3 heterocycles. The van der Waals surface area contributed by atoms with Gasteiger partial charge in [0.1, 0.15) is 5.56 Å². The van der Waals surface area contributed by atoms with Crippen molar-refractivity contribution in [3.05, 3.63) is 65.4 Å². The molecular formula is C23H21F3N6O. The monoisotopic (exact) mass is 454 g/mol. The zero-order chi connectivity index (χ0) is 23.0. The van der Waals surface area contributed by atoms with Gasteiger partial charge < -0.3 is 20.9 Å². The average Bonchev–Trinajstić information content (AvgIpc) is 3.20. The van der Waals surface area contributed by atoms with E-state index in [9.17, 15) is 18.0 Å². The Hall–Kier alpha value is -3.66. The predicted molar refractivity (Wildman–Crippen MR) is 118 cm³/mol. The summed E-state index contributed by atoms with van der Waals surface area (Å²) in [6.07, 6.45) is -3.91. The van der Waals surface area contributed by atoms with Crippen LogP contribution in [0, 0.1) is 0 Å². The maximum Gasteiger partial charge on any atom is 0.419 e. The molecule has 33 heavy (non-hydrogen) atoms. The first kappa shape index (κ1) is 21.2. The van der Waals surface area contributed by atoms with Crippen molar-refractivity contribution in [2.45, 2.75) is 12.7 Å². The van der Waals surface area contributed by atoms with Crippen LogP contribution in [-0.2, 0) is 12.7 Å². The van der Waals surface area contributed by atoms with Crippen LogP contribution in [0.5, 0.6) is 0 Å². The van der Waals surface area contributed by atoms with Crippen LogP contribution in [0.15, 0.2) is 48.7 Å². The molecule has 0 bridgehead atoms. The molecular weight excluding hydrogens is 433 g/mol. The van der Waals surface area contributed by atoms with Crippen LogP contribution >= 0.6 is 0 Å². The van der Waals surface area contributed by atoms with Crippen LogP contribution in [0.3, 0.4) is 0 Å². The normalized spacial score (nSPS) is 15.8. The van der Waals surface area contributed by atoms with E-state index in [2.05, 4.69) is 30.8 Å². The standard InChI is InChI=1S/C23H21F3N6O/c24-23(25,26)18-13-29-22(30-15-4-6-16(7-5-15)32-10-8-27-9-11-32)31-20(18)17-3-1-2-14-12-28-21(33)19(14)17/h1-7,13,27H,8-12H2,(H,28,33)(H,29,30,31). The number of anilines is 3. The lowest BCUT2D eigenvalue weighted by molar-refractivity contribution is -0.137. The maximum absolute atomic E-state index is 13.8. The van der Waals surface area contributed by atoms with Gasteiger partial charge in [-0.05, 0) is 29.8 Å². The van der Waals surface area contributed by atoms with Crippen LogP contribution in [0.2, 0.25) is 0 Å². The Morgan fingerprint density at radius 3 is 2.52 bits per heavy atom. The topological polar surface area (TPSA) is 82.2 Å². The number of hydrogen-bond donors (Lipinski definition) is 3. The number of benzene rings is 2. The van der Waals surface area contributed by atoms with Crippen LogP contribution in [-0.4, -0.2) is 42.1 Å². The van der Waals surface area contributed by atoms with E-state index in [0.717, 1.165) is 38.1 Å². The number of hydrogen-bond acceptors (Lipinski definition) is 6. The molecule has 0 atom stereocenters. The van der Waals surface area contributed by atoms with Crippen molar-refractivity contribution in [3.63, 3.8) is 0 Å². The molecule has 1 aromatic heterocycles. The summed E-state index contributed by atoms with van der Waals surface area (Å²) < 4.78 is 41.3. The molecule has 0 radical (unpaired) electrons. The molecule has 2 aromatic carbocycles. The zero-order valence-electron chi connectivity index (χ0n) is 17.5. The summed E-state index contributed by atoms with van der Waals surface area (Å²) in [5.74, 6) is -0.394. The van der Waals surface area contributed by atoms with Gasteiger partial charge in [0.15, 0.2) is 0 Å². The number of alkyl halides is 3. The second kappa shape index (κ2) is 8.36. The molecule has 0 spiro atoms. The molecule has 0 unspecified atom stereocenters. The number of halogens is 3. The van der Waals surface area contributed by atoms with Gasteiger partial charge in [-0.2, -0.15) is 13.2 Å². The van der Waals surface area contributed by atoms with Gasteiger partial charge in [-0.15, -0.1) is 0 Å². The molecule has 0 aliphatic carbocycles. The van der Waals surface area contributed by atoms with Crippen LogP contribution in [0.25, 0.3) is 11.3 Å². The summed E-state index contributed by atoms with van der Waals surface area (Å²) in [5.41, 5.74) is 1.39. The Bertz CT molecular complexity index is 1190. The molecule has 1 amide bonds. The van der Waals surface area contributed by atoms with Crippen molar-refractivity contribution < 1.29 is 18.0 Å². The third kappa shape index (κ3) is 4.21. The van der Waals surface area contributed by atoms with Crippen molar-refractivity contribution >= 4 is 23.2 Å². The Kier molecular flexibility index (Phi) is 5.37. The van der Waals surface area contributed by atoms with Crippen molar-refractivity contribution in [1.82, 2.24) is 20.6 Å². The molecule has 5 rings (SSSR count). The SMILES string of the molecule is O=C1NCc2cccc(-c3nc(Nc4ccc(N5CCNCC5)cc4)ncc3C(F)(F)F)c21. The number of piperazine rings is 1. The highest BCUT2D eigenvalue weighted by Gasteiger charge is 2.37. The fourth-order valence-electron chi connectivity index (χ4n) is 4.14. The minimum atomic E-state index is -4.67. The predicted octanol–water partition coefficient (Wildman–Crippen LogP) is 3.56. The van der Waals surface area contributed by atoms with Crippen molar-refractivity contribution in [1.29, 1.82) is 0 Å². The Labute approximate surface area is 188 Å². The second-order valence-electron chi connectivity index (χ2n) is 7.88. The first-order valence-corrected chi connectivity index (χ1v) is 10.6. The number of rotatable bonds is 4. The van der Waals surface area contributed by atoms with Gasteiger partial charge in [-0.25, -0.2) is 9.97 Å². The number of aromatic nitrogens is 2. The molecule has 1 saturated heterocycles. The molecule has 3 N–H and O–H groups in total. The summed E-state index contributed by atoms with van der Waals surface area (Å²) in [4.78, 5) is 22.6. The van der Waals surface area contributed by atoms with Crippen molar-refractivity contribution in [2.24, 2.45) is 0 Å². The number of nitrogens with one attached hydrogen (secondary N) is 3. The van der Waals surface area contributed by atoms with Gasteiger partial charge in [0, 0.05) is 55.9 Å². The second-order valence-corrected chi connectivity index (χ2v) is 7.88. The minimum Gasteiger partial charge on any atom is -0.369 e. The van der Waals surface area contributed by atoms with Gasteiger partial charge in [0.2, 0.25) is 5.95 Å². The fraction of sp³-hybridized carbons (Fsp3) is 0.261. The van der Waals surface area contributed by atoms with Gasteiger partial charge >= 0.3 is 6.18 Å². The summed E-state index contributed by atoms with van der Waals surface area (Å²) in [5, 5.41) is 8.94. The van der Waals surface area contributed by atoms with Gasteiger partial charge in [-0.1, -0.05) is 18.2 Å². The molecule has 2 aliphatic rings. The minimum absolute atomic E-state index is 0.0175. The van der Waals surface area contributed by atoms with Gasteiger partial charge in [0.25, 0.3) is 5.91 Å². The Balaban J connectivity index is 1.48. The molecule has 7 nitrogen and oxygen atoms in total. The number of carbonyl (C=O) groups is 1. The van der Waals surface area contributed by atoms with E-state index in [1.165, 1.54) is 6.07 Å². The fourth-order valence-corrected chi connectivity index (χ4v) is 4.14. The van der Waals surface area contributed by atoms with Crippen LogP contribution in [0.4, 0.5) is 30.5 Å². The number of carbonyl (C=O) groups excluding carboxylic acids is 1. The van der Waals surface area contributed by atoms with E-state index in [0.29, 0.717) is 11.3 Å². The highest BCUT2D eigenvalue weighted by atomic mass is 19.4. The average molecular weight is 454 g/mol. The molecule has 3 aromatic rings. The first-order chi connectivity index (χ1) is 15.9. The highest BCUT2D eigenvalue weighted by Crippen LogP contribution is 2.39. The molecule has 2 aliphatic heterocycles. The largest absolute Gasteiger partial charge is 0.419 e. The lowest BCUT2D eigenvalue weighted by Gasteiger charge is -2.29. The van der Waals surface area contributed by atoms with E-state index < -0.39 is 17.6 Å². The van der Waals surface area contributed by atoms with E-state index in [1.807, 2.05) is 24.3 Å². The smallest absolute Gasteiger partial charge is 0.369 e. The summed E-state index contributed by atoms with van der Waals surface area (Å²) >= 11 is 0. The van der Waals surface area contributed by atoms with Gasteiger partial charge in [0.05, 0.1) is 11.3 Å². The van der Waals surface area contributed by atoms with E-state index in [1.54, 1.807) is 12.1 Å². The summed E-state index contributed by atoms with van der Waals surface area (Å²) in [6.45, 7) is 3.94. The molecule has 0 saturated carbocycles. The van der Waals surface area contributed by atoms with E-state index >= 15 is 0 Å². The number of fused-ring (bicyclic) bond motifs is 1. The van der Waals surface area contributed by atoms with E-state index in [-0.39, 0.29) is 29.3 Å². The number of amides is 1. The molecule has 1 fully saturated rings. The summed E-state index contributed by atoms with van der Waals surface area (Å²) in [7, 11) is 0. The van der Waals surface area contributed by atoms with Crippen molar-refractivity contribution in [3.8, 4) is 11.3 Å². The lowest BCUT2D eigenvalue weighted by atomic mass is 9.98. The lowest BCUT2D eigenvalue weighted by Crippen LogP contribution is -2.43. The zero-order valence-corrected chi connectivity index (χ0v) is 17.5. The quantitative estimate of drug-likeness (QED) is 0.559. The highest BCUT2D eigenvalue weighted by molar-refractivity contribution is 6.04. The number of nitrogens with zero attached hydrogens (tertiary/aromatic N) is 3. The Morgan fingerprint density at radius 1 is 1.03 bits per heavy atom.